The lowest BCUT2D eigenvalue weighted by molar-refractivity contribution is -0.159. The van der Waals surface area contributed by atoms with Crippen molar-refractivity contribution in [2.24, 2.45) is 0 Å². The highest BCUT2D eigenvalue weighted by atomic mass is 16.5. The van der Waals surface area contributed by atoms with Gasteiger partial charge in [-0.2, -0.15) is 0 Å². The normalized spacial score (nSPS) is 15.9. The van der Waals surface area contributed by atoms with Crippen LogP contribution >= 0.6 is 0 Å². The molecule has 5 nitrogen and oxygen atoms in total. The first kappa shape index (κ1) is 10.3. The van der Waals surface area contributed by atoms with Crippen LogP contribution in [0.25, 0.3) is 0 Å². The average molecular weight is 164 g/mol. The zero-order valence-electron chi connectivity index (χ0n) is 6.23. The van der Waals surface area contributed by atoms with E-state index in [9.17, 15) is 4.79 Å². The van der Waals surface area contributed by atoms with Gasteiger partial charge in [-0.15, -0.1) is 0 Å². The Morgan fingerprint density at radius 3 is 2.45 bits per heavy atom. The highest BCUT2D eigenvalue weighted by Crippen LogP contribution is 1.98. The molecule has 3 N–H and O–H groups in total. The predicted octanol–water partition coefficient (Wildman–Crippen LogP) is -1.17. The van der Waals surface area contributed by atoms with E-state index < -0.39 is 24.8 Å². The standard InChI is InChI=1S/C6H12O5/c1-2-11-5(6(9)10)4(8)3-7/h4-5,7-8H,2-3H2,1H3,(H,9,10). The fraction of sp³-hybridized carbons (Fsp3) is 0.833. The van der Waals surface area contributed by atoms with Crippen LogP contribution < -0.4 is 0 Å². The van der Waals surface area contributed by atoms with Crippen LogP contribution in [-0.2, 0) is 9.53 Å². The van der Waals surface area contributed by atoms with Crippen LogP contribution in [0.2, 0.25) is 0 Å². The maximum absolute atomic E-state index is 10.3. The maximum atomic E-state index is 10.3. The Bertz CT molecular complexity index is 124. The van der Waals surface area contributed by atoms with Crippen molar-refractivity contribution in [2.75, 3.05) is 13.2 Å². The SMILES string of the molecule is CCOC(C(=O)O)C(O)CO. The summed E-state index contributed by atoms with van der Waals surface area (Å²) in [4.78, 5) is 10.3. The van der Waals surface area contributed by atoms with Crippen LogP contribution in [0.4, 0.5) is 0 Å². The molecule has 66 valence electrons. The van der Waals surface area contributed by atoms with Crippen molar-refractivity contribution in [1.29, 1.82) is 0 Å². The van der Waals surface area contributed by atoms with Gasteiger partial charge in [0.1, 0.15) is 6.10 Å². The van der Waals surface area contributed by atoms with Gasteiger partial charge in [-0.25, -0.2) is 4.79 Å². The number of carboxylic acids is 1. The summed E-state index contributed by atoms with van der Waals surface area (Å²) in [6, 6.07) is 0. The second-order valence-corrected chi connectivity index (χ2v) is 1.96. The Labute approximate surface area is 64.2 Å². The zero-order valence-corrected chi connectivity index (χ0v) is 6.23. The van der Waals surface area contributed by atoms with Gasteiger partial charge in [-0.1, -0.05) is 0 Å². The van der Waals surface area contributed by atoms with E-state index in [1.165, 1.54) is 0 Å². The van der Waals surface area contributed by atoms with Crippen molar-refractivity contribution in [3.63, 3.8) is 0 Å². The third kappa shape index (κ3) is 3.31. The minimum Gasteiger partial charge on any atom is -0.479 e. The van der Waals surface area contributed by atoms with Gasteiger partial charge in [0.2, 0.25) is 0 Å². The first-order valence-electron chi connectivity index (χ1n) is 3.26. The van der Waals surface area contributed by atoms with Gasteiger partial charge in [0, 0.05) is 6.61 Å². The summed E-state index contributed by atoms with van der Waals surface area (Å²) in [5.74, 6) is -1.27. The lowest BCUT2D eigenvalue weighted by Crippen LogP contribution is -2.38. The minimum absolute atomic E-state index is 0.189. The largest absolute Gasteiger partial charge is 0.479 e. The number of hydrogen-bond acceptors (Lipinski definition) is 4. The molecule has 0 aromatic rings. The smallest absolute Gasteiger partial charge is 0.335 e. The molecule has 0 aromatic heterocycles. The minimum atomic E-state index is -1.35. The van der Waals surface area contributed by atoms with Gasteiger partial charge in [0.25, 0.3) is 0 Å². The molecule has 0 amide bonds. The van der Waals surface area contributed by atoms with E-state index in [-0.39, 0.29) is 6.61 Å². The van der Waals surface area contributed by atoms with Gasteiger partial charge in [-0.05, 0) is 6.92 Å². The summed E-state index contributed by atoms with van der Waals surface area (Å²) in [5, 5.41) is 25.7. The van der Waals surface area contributed by atoms with Crippen molar-refractivity contribution in [2.45, 2.75) is 19.1 Å². The fourth-order valence-electron chi connectivity index (χ4n) is 0.622. The van der Waals surface area contributed by atoms with Gasteiger partial charge >= 0.3 is 5.97 Å². The molecule has 0 aromatic carbocycles. The number of carboxylic acid groups (broad SMARTS) is 1. The number of aliphatic hydroxyl groups excluding tert-OH is 2. The van der Waals surface area contributed by atoms with E-state index in [4.69, 9.17) is 15.3 Å². The van der Waals surface area contributed by atoms with E-state index in [1.54, 1.807) is 6.92 Å². The first-order valence-corrected chi connectivity index (χ1v) is 3.26. The van der Waals surface area contributed by atoms with Crippen LogP contribution in [0.15, 0.2) is 0 Å². The maximum Gasteiger partial charge on any atom is 0.335 e. The van der Waals surface area contributed by atoms with Gasteiger partial charge in [0.15, 0.2) is 6.10 Å². The van der Waals surface area contributed by atoms with Crippen molar-refractivity contribution in [3.05, 3.63) is 0 Å². The number of hydrogen-bond donors (Lipinski definition) is 3. The predicted molar refractivity (Wildman–Crippen MR) is 36.1 cm³/mol. The number of carbonyl (C=O) groups is 1. The summed E-state index contributed by atoms with van der Waals surface area (Å²) in [7, 11) is 0. The molecule has 0 saturated heterocycles. The molecule has 0 aliphatic heterocycles. The first-order chi connectivity index (χ1) is 5.13. The van der Waals surface area contributed by atoms with E-state index in [1.807, 2.05) is 0 Å². The van der Waals surface area contributed by atoms with Crippen LogP contribution in [0.5, 0.6) is 0 Å². The molecule has 0 saturated carbocycles. The van der Waals surface area contributed by atoms with E-state index in [0.717, 1.165) is 0 Å². The molecule has 0 radical (unpaired) electrons. The molecule has 2 atom stereocenters. The lowest BCUT2D eigenvalue weighted by Gasteiger charge is -2.16. The Hall–Kier alpha value is -0.650. The van der Waals surface area contributed by atoms with Crippen LogP contribution in [0, 0.1) is 0 Å². The highest BCUT2D eigenvalue weighted by Gasteiger charge is 2.25. The number of aliphatic hydroxyl groups is 2. The molecule has 0 heterocycles. The molecule has 0 aliphatic carbocycles. The monoisotopic (exact) mass is 164 g/mol. The zero-order chi connectivity index (χ0) is 8.85. The van der Waals surface area contributed by atoms with Gasteiger partial charge < -0.3 is 20.1 Å². The fourth-order valence-corrected chi connectivity index (χ4v) is 0.622. The van der Waals surface area contributed by atoms with Crippen LogP contribution in [-0.4, -0.2) is 46.7 Å². The van der Waals surface area contributed by atoms with E-state index in [0.29, 0.717) is 0 Å². The molecule has 0 spiro atoms. The molecular formula is C6H12O5. The molecule has 5 heteroatoms. The summed E-state index contributed by atoms with van der Waals surface area (Å²) >= 11 is 0. The van der Waals surface area contributed by atoms with Crippen molar-refractivity contribution in [1.82, 2.24) is 0 Å². The summed E-state index contributed by atoms with van der Waals surface area (Å²) in [5.41, 5.74) is 0. The second-order valence-electron chi connectivity index (χ2n) is 1.96. The Kier molecular flexibility index (Phi) is 4.76. The van der Waals surface area contributed by atoms with Crippen molar-refractivity contribution >= 4 is 5.97 Å². The van der Waals surface area contributed by atoms with Crippen molar-refractivity contribution < 1.29 is 24.9 Å². The van der Waals surface area contributed by atoms with Gasteiger partial charge in [0.05, 0.1) is 6.61 Å². The quantitative estimate of drug-likeness (QED) is 0.476. The Morgan fingerprint density at radius 1 is 1.64 bits per heavy atom. The van der Waals surface area contributed by atoms with Crippen LogP contribution in [0.3, 0.4) is 0 Å². The van der Waals surface area contributed by atoms with Crippen molar-refractivity contribution in [3.8, 4) is 0 Å². The number of ether oxygens (including phenoxy) is 1. The summed E-state index contributed by atoms with van der Waals surface area (Å²) < 4.78 is 4.65. The second kappa shape index (κ2) is 5.06. The molecule has 0 bridgehead atoms. The molecular weight excluding hydrogens is 152 g/mol. The van der Waals surface area contributed by atoms with E-state index in [2.05, 4.69) is 4.74 Å². The summed E-state index contributed by atoms with van der Waals surface area (Å²) in [6.07, 6.45) is -2.68. The third-order valence-corrected chi connectivity index (χ3v) is 1.13. The molecule has 0 fully saturated rings. The average Bonchev–Trinajstić information content (AvgIpc) is 1.98. The topological polar surface area (TPSA) is 87.0 Å². The summed E-state index contributed by atoms with van der Waals surface area (Å²) in [6.45, 7) is 1.19. The van der Waals surface area contributed by atoms with Gasteiger partial charge in [-0.3, -0.25) is 0 Å². The molecule has 2 unspecified atom stereocenters. The van der Waals surface area contributed by atoms with E-state index >= 15 is 0 Å². The van der Waals surface area contributed by atoms with Crippen LogP contribution in [0.1, 0.15) is 6.92 Å². The molecule has 0 rings (SSSR count). The molecule has 0 aliphatic rings. The number of aliphatic carboxylic acids is 1. The Balaban J connectivity index is 3.97. The number of rotatable bonds is 5. The third-order valence-electron chi connectivity index (χ3n) is 1.13. The lowest BCUT2D eigenvalue weighted by atomic mass is 10.2. The highest BCUT2D eigenvalue weighted by molar-refractivity contribution is 5.73. The Morgan fingerprint density at radius 2 is 2.18 bits per heavy atom. The molecule has 11 heavy (non-hydrogen) atoms.